The zero-order chi connectivity index (χ0) is 13.1. The molecule has 0 aromatic heterocycles. The van der Waals surface area contributed by atoms with Crippen LogP contribution in [0, 0.1) is 0 Å². The van der Waals surface area contributed by atoms with Gasteiger partial charge in [-0.05, 0) is 33.8 Å². The van der Waals surface area contributed by atoms with Gasteiger partial charge < -0.3 is 19.9 Å². The maximum atomic E-state index is 5.77. The minimum Gasteiger partial charge on any atom is -0.493 e. The Kier molecular flexibility index (Phi) is 9.13. The average Bonchev–Trinajstić information content (AvgIpc) is 2.24. The first-order valence-electron chi connectivity index (χ1n) is 6.19. The van der Waals surface area contributed by atoms with Crippen molar-refractivity contribution in [1.82, 2.24) is 0 Å². The van der Waals surface area contributed by atoms with Crippen molar-refractivity contribution in [2.75, 3.05) is 33.0 Å². The number of hydrogen-bond acceptors (Lipinski definition) is 4. The van der Waals surface area contributed by atoms with E-state index in [2.05, 4.69) is 0 Å². The lowest BCUT2D eigenvalue weighted by Gasteiger charge is -2.23. The van der Waals surface area contributed by atoms with Crippen LogP contribution in [0.15, 0.2) is 11.8 Å². The quantitative estimate of drug-likeness (QED) is 0.499. The van der Waals surface area contributed by atoms with Crippen LogP contribution in [0.2, 0.25) is 0 Å². The summed E-state index contributed by atoms with van der Waals surface area (Å²) in [5, 5.41) is 0. The zero-order valence-corrected chi connectivity index (χ0v) is 11.6. The Morgan fingerprint density at radius 3 is 2.12 bits per heavy atom. The van der Waals surface area contributed by atoms with E-state index >= 15 is 0 Å². The molecular formula is C13H27NO3. The van der Waals surface area contributed by atoms with Gasteiger partial charge in [-0.2, -0.15) is 0 Å². The van der Waals surface area contributed by atoms with Crippen molar-refractivity contribution < 1.29 is 14.2 Å². The summed E-state index contributed by atoms with van der Waals surface area (Å²) in [6.07, 6.45) is 2.78. The first kappa shape index (κ1) is 16.4. The summed E-state index contributed by atoms with van der Waals surface area (Å²) in [6.45, 7) is 11.1. The molecule has 0 bridgehead atoms. The molecule has 0 atom stereocenters. The molecule has 0 amide bonds. The van der Waals surface area contributed by atoms with Crippen LogP contribution < -0.4 is 5.73 Å². The second-order valence-electron chi connectivity index (χ2n) is 4.73. The molecule has 0 aliphatic carbocycles. The van der Waals surface area contributed by atoms with Crippen LogP contribution in [0.1, 0.15) is 34.1 Å². The molecule has 0 saturated heterocycles. The van der Waals surface area contributed by atoms with Gasteiger partial charge in [0.1, 0.15) is 5.60 Å². The lowest BCUT2D eigenvalue weighted by molar-refractivity contribution is 0.0236. The molecule has 4 nitrogen and oxygen atoms in total. The highest BCUT2D eigenvalue weighted by atomic mass is 16.5. The highest BCUT2D eigenvalue weighted by Crippen LogP contribution is 2.15. The molecule has 0 aromatic rings. The molecule has 0 spiro atoms. The van der Waals surface area contributed by atoms with Crippen molar-refractivity contribution in [2.45, 2.75) is 39.7 Å². The zero-order valence-electron chi connectivity index (χ0n) is 11.6. The molecule has 0 rings (SSSR count). The summed E-state index contributed by atoms with van der Waals surface area (Å²) in [5.41, 5.74) is 5.15. The Morgan fingerprint density at radius 1 is 1.06 bits per heavy atom. The topological polar surface area (TPSA) is 53.7 Å². The molecule has 4 heteroatoms. The molecule has 17 heavy (non-hydrogen) atoms. The van der Waals surface area contributed by atoms with E-state index in [0.717, 1.165) is 12.2 Å². The third-order valence-corrected chi connectivity index (χ3v) is 1.89. The Hall–Kier alpha value is -0.580. The van der Waals surface area contributed by atoms with Crippen LogP contribution >= 0.6 is 0 Å². The van der Waals surface area contributed by atoms with E-state index in [4.69, 9.17) is 19.9 Å². The van der Waals surface area contributed by atoms with Gasteiger partial charge in [-0.3, -0.25) is 0 Å². The van der Waals surface area contributed by atoms with E-state index in [-0.39, 0.29) is 5.60 Å². The van der Waals surface area contributed by atoms with Gasteiger partial charge in [0.2, 0.25) is 0 Å². The van der Waals surface area contributed by atoms with E-state index in [9.17, 15) is 0 Å². The lowest BCUT2D eigenvalue weighted by atomic mass is 10.2. The third kappa shape index (κ3) is 11.7. The second-order valence-corrected chi connectivity index (χ2v) is 4.73. The molecule has 0 aliphatic rings. The lowest BCUT2D eigenvalue weighted by Crippen LogP contribution is -2.19. The first-order chi connectivity index (χ1) is 7.99. The van der Waals surface area contributed by atoms with Crippen LogP contribution in [0.4, 0.5) is 0 Å². The SMILES string of the molecule is C/C=C(/CCOCCOCCN)OC(C)(C)C. The molecule has 102 valence electrons. The van der Waals surface area contributed by atoms with Crippen molar-refractivity contribution >= 4 is 0 Å². The van der Waals surface area contributed by atoms with Crippen LogP contribution in [-0.2, 0) is 14.2 Å². The van der Waals surface area contributed by atoms with Crippen molar-refractivity contribution in [3.05, 3.63) is 11.8 Å². The molecule has 2 N–H and O–H groups in total. The van der Waals surface area contributed by atoms with Crippen molar-refractivity contribution in [3.8, 4) is 0 Å². The molecule has 0 aliphatic heterocycles. The molecule has 0 unspecified atom stereocenters. The summed E-state index contributed by atoms with van der Waals surface area (Å²) in [6, 6.07) is 0. The second kappa shape index (κ2) is 9.45. The number of rotatable bonds is 9. The minimum atomic E-state index is -0.147. The summed E-state index contributed by atoms with van der Waals surface area (Å²) < 4.78 is 16.4. The van der Waals surface area contributed by atoms with Crippen LogP contribution in [-0.4, -0.2) is 38.6 Å². The van der Waals surface area contributed by atoms with Gasteiger partial charge in [0, 0.05) is 13.0 Å². The Balaban J connectivity index is 3.52. The fourth-order valence-corrected chi connectivity index (χ4v) is 1.23. The van der Waals surface area contributed by atoms with E-state index < -0.39 is 0 Å². The molecule has 0 fully saturated rings. The largest absolute Gasteiger partial charge is 0.493 e. The fraction of sp³-hybridized carbons (Fsp3) is 0.846. The monoisotopic (exact) mass is 245 g/mol. The molecule has 0 radical (unpaired) electrons. The summed E-state index contributed by atoms with van der Waals surface area (Å²) in [7, 11) is 0. The van der Waals surface area contributed by atoms with Crippen molar-refractivity contribution in [2.24, 2.45) is 5.73 Å². The van der Waals surface area contributed by atoms with Crippen LogP contribution in [0.25, 0.3) is 0 Å². The maximum absolute atomic E-state index is 5.77. The van der Waals surface area contributed by atoms with Crippen LogP contribution in [0.3, 0.4) is 0 Å². The third-order valence-electron chi connectivity index (χ3n) is 1.89. The number of ether oxygens (including phenoxy) is 3. The van der Waals surface area contributed by atoms with Gasteiger partial charge in [0.25, 0.3) is 0 Å². The first-order valence-corrected chi connectivity index (χ1v) is 6.19. The normalized spacial score (nSPS) is 12.9. The Labute approximate surface area is 105 Å². The predicted octanol–water partition coefficient (Wildman–Crippen LogP) is 2.09. The van der Waals surface area contributed by atoms with Crippen molar-refractivity contribution in [1.29, 1.82) is 0 Å². The number of allylic oxidation sites excluding steroid dienone is 1. The molecule has 0 aromatic carbocycles. The minimum absolute atomic E-state index is 0.147. The standard InChI is InChI=1S/C13H27NO3/c1-5-12(17-13(2,3)4)6-8-15-10-11-16-9-7-14/h5H,6-11,14H2,1-4H3/b12-5-. The average molecular weight is 245 g/mol. The van der Waals surface area contributed by atoms with Gasteiger partial charge in [0.15, 0.2) is 0 Å². The Morgan fingerprint density at radius 2 is 1.65 bits per heavy atom. The maximum Gasteiger partial charge on any atom is 0.100 e. The van der Waals surface area contributed by atoms with Gasteiger partial charge in [-0.1, -0.05) is 0 Å². The predicted molar refractivity (Wildman–Crippen MR) is 69.9 cm³/mol. The van der Waals surface area contributed by atoms with Gasteiger partial charge >= 0.3 is 0 Å². The van der Waals surface area contributed by atoms with Gasteiger partial charge in [-0.15, -0.1) is 0 Å². The summed E-state index contributed by atoms with van der Waals surface area (Å²) in [5.74, 6) is 0.973. The molecule has 0 heterocycles. The van der Waals surface area contributed by atoms with E-state index in [1.807, 2.05) is 33.8 Å². The Bertz CT molecular complexity index is 209. The highest BCUT2D eigenvalue weighted by molar-refractivity contribution is 4.92. The summed E-state index contributed by atoms with van der Waals surface area (Å²) >= 11 is 0. The smallest absolute Gasteiger partial charge is 0.100 e. The van der Waals surface area contributed by atoms with Crippen LogP contribution in [0.5, 0.6) is 0 Å². The van der Waals surface area contributed by atoms with E-state index in [1.54, 1.807) is 0 Å². The van der Waals surface area contributed by atoms with E-state index in [0.29, 0.717) is 33.0 Å². The van der Waals surface area contributed by atoms with E-state index in [1.165, 1.54) is 0 Å². The number of hydrogen-bond donors (Lipinski definition) is 1. The number of nitrogens with two attached hydrogens (primary N) is 1. The highest BCUT2D eigenvalue weighted by Gasteiger charge is 2.12. The molecular weight excluding hydrogens is 218 g/mol. The molecule has 0 saturated carbocycles. The fourth-order valence-electron chi connectivity index (χ4n) is 1.23. The van der Waals surface area contributed by atoms with Gasteiger partial charge in [-0.25, -0.2) is 0 Å². The van der Waals surface area contributed by atoms with Crippen molar-refractivity contribution in [3.63, 3.8) is 0 Å². The summed E-state index contributed by atoms with van der Waals surface area (Å²) in [4.78, 5) is 0. The van der Waals surface area contributed by atoms with Gasteiger partial charge in [0.05, 0.1) is 32.2 Å².